The van der Waals surface area contributed by atoms with Crippen molar-refractivity contribution >= 4 is 23.4 Å². The summed E-state index contributed by atoms with van der Waals surface area (Å²) in [5, 5.41) is 11.1. The molecule has 5 rings (SSSR count). The van der Waals surface area contributed by atoms with Crippen molar-refractivity contribution in [2.24, 2.45) is 0 Å². The molecule has 33 heavy (non-hydrogen) atoms. The summed E-state index contributed by atoms with van der Waals surface area (Å²) < 4.78 is 21.7. The van der Waals surface area contributed by atoms with Crippen LogP contribution in [0.3, 0.4) is 0 Å². The number of nitrogens with zero attached hydrogens (tertiary/aromatic N) is 2. The molecule has 1 aliphatic heterocycles. The van der Waals surface area contributed by atoms with Gasteiger partial charge in [-0.05, 0) is 60.7 Å². The summed E-state index contributed by atoms with van der Waals surface area (Å²) in [5.74, 6) is 3.28. The normalized spacial score (nSPS) is 11.9. The van der Waals surface area contributed by atoms with Gasteiger partial charge in [-0.2, -0.15) is 0 Å². The molecule has 3 aromatic carbocycles. The Morgan fingerprint density at radius 3 is 2.73 bits per heavy atom. The number of benzene rings is 3. The fourth-order valence-corrected chi connectivity index (χ4v) is 3.94. The predicted octanol–water partition coefficient (Wildman–Crippen LogP) is 5.02. The Kier molecular flexibility index (Phi) is 5.86. The molecule has 1 aromatic heterocycles. The molecule has 0 fully saturated rings. The Hall–Kier alpha value is -3.98. The van der Waals surface area contributed by atoms with Crippen molar-refractivity contribution < 1.29 is 23.4 Å². The van der Waals surface area contributed by atoms with Crippen LogP contribution in [0, 0.1) is 0 Å². The summed E-state index contributed by atoms with van der Waals surface area (Å²) >= 11 is 1.56. The van der Waals surface area contributed by atoms with Gasteiger partial charge >= 0.3 is 0 Å². The molecule has 1 amide bonds. The van der Waals surface area contributed by atoms with E-state index in [0.29, 0.717) is 46.0 Å². The number of hydrogen-bond donors (Lipinski definition) is 1. The lowest BCUT2D eigenvalue weighted by Crippen LogP contribution is -2.11. The van der Waals surface area contributed by atoms with Gasteiger partial charge in [0.2, 0.25) is 18.6 Å². The first-order chi connectivity index (χ1) is 16.2. The summed E-state index contributed by atoms with van der Waals surface area (Å²) in [4.78, 5) is 13.5. The van der Waals surface area contributed by atoms with Crippen molar-refractivity contribution in [2.45, 2.75) is 10.6 Å². The first-order valence-electron chi connectivity index (χ1n) is 10.1. The second-order valence-corrected chi connectivity index (χ2v) is 8.12. The molecule has 0 bridgehead atoms. The molecule has 0 saturated heterocycles. The number of rotatable bonds is 7. The van der Waals surface area contributed by atoms with E-state index in [0.717, 1.165) is 10.5 Å². The number of methoxy groups -OCH3 is 1. The number of hydrogen-bond acceptors (Lipinski definition) is 8. The van der Waals surface area contributed by atoms with Crippen LogP contribution in [0.1, 0.15) is 16.2 Å². The molecular formula is C24H19N3O5S. The van der Waals surface area contributed by atoms with Gasteiger partial charge < -0.3 is 23.9 Å². The highest BCUT2D eigenvalue weighted by Gasteiger charge is 2.17. The zero-order valence-electron chi connectivity index (χ0n) is 17.6. The van der Waals surface area contributed by atoms with E-state index < -0.39 is 0 Å². The van der Waals surface area contributed by atoms with E-state index in [1.165, 1.54) is 0 Å². The van der Waals surface area contributed by atoms with Gasteiger partial charge in [-0.25, -0.2) is 0 Å². The fraction of sp³-hybridized carbons (Fsp3) is 0.125. The smallest absolute Gasteiger partial charge is 0.255 e. The number of nitrogens with one attached hydrogen (secondary N) is 1. The SMILES string of the molecule is COc1cccc(C(=O)Nc2ccc(SCc3nnc(-c4ccc5c(c4)OCO5)o3)cc2)c1. The van der Waals surface area contributed by atoms with Crippen LogP contribution < -0.4 is 19.5 Å². The Balaban J connectivity index is 1.18. The lowest BCUT2D eigenvalue weighted by atomic mass is 10.2. The van der Waals surface area contributed by atoms with Crippen LogP contribution in [0.2, 0.25) is 0 Å². The van der Waals surface area contributed by atoms with Crippen LogP contribution in [0.4, 0.5) is 5.69 Å². The number of carbonyl (C=O) groups excluding carboxylic acids is 1. The van der Waals surface area contributed by atoms with Gasteiger partial charge in [0.05, 0.1) is 12.9 Å². The monoisotopic (exact) mass is 461 g/mol. The Morgan fingerprint density at radius 1 is 1.03 bits per heavy atom. The number of aromatic nitrogens is 2. The third-order valence-electron chi connectivity index (χ3n) is 4.89. The van der Waals surface area contributed by atoms with Crippen LogP contribution in [-0.2, 0) is 5.75 Å². The third kappa shape index (κ3) is 4.78. The molecule has 9 heteroatoms. The minimum absolute atomic E-state index is 0.198. The molecule has 1 aliphatic rings. The highest BCUT2D eigenvalue weighted by atomic mass is 32.2. The van der Waals surface area contributed by atoms with Gasteiger partial charge in [-0.15, -0.1) is 22.0 Å². The largest absolute Gasteiger partial charge is 0.497 e. The molecule has 0 aliphatic carbocycles. The van der Waals surface area contributed by atoms with Crippen molar-refractivity contribution in [3.63, 3.8) is 0 Å². The molecule has 4 aromatic rings. The van der Waals surface area contributed by atoms with E-state index in [1.54, 1.807) is 43.1 Å². The number of ether oxygens (including phenoxy) is 3. The zero-order chi connectivity index (χ0) is 22.6. The van der Waals surface area contributed by atoms with Crippen LogP contribution in [0.15, 0.2) is 76.0 Å². The topological polar surface area (TPSA) is 95.7 Å². The number of carbonyl (C=O) groups is 1. The highest BCUT2D eigenvalue weighted by molar-refractivity contribution is 7.98. The third-order valence-corrected chi connectivity index (χ3v) is 5.89. The first-order valence-corrected chi connectivity index (χ1v) is 11.1. The lowest BCUT2D eigenvalue weighted by Gasteiger charge is -2.07. The van der Waals surface area contributed by atoms with Gasteiger partial charge in [0.1, 0.15) is 5.75 Å². The van der Waals surface area contributed by atoms with Crippen molar-refractivity contribution in [3.05, 3.63) is 78.2 Å². The quantitative estimate of drug-likeness (QED) is 0.384. The summed E-state index contributed by atoms with van der Waals surface area (Å²) in [6.45, 7) is 0.216. The summed E-state index contributed by atoms with van der Waals surface area (Å²) in [5.41, 5.74) is 2.01. The zero-order valence-corrected chi connectivity index (χ0v) is 18.4. The molecule has 8 nitrogen and oxygen atoms in total. The summed E-state index contributed by atoms with van der Waals surface area (Å²) in [6.07, 6.45) is 0. The van der Waals surface area contributed by atoms with E-state index in [-0.39, 0.29) is 12.7 Å². The van der Waals surface area contributed by atoms with Crippen molar-refractivity contribution in [2.75, 3.05) is 19.2 Å². The van der Waals surface area contributed by atoms with E-state index in [1.807, 2.05) is 42.5 Å². The van der Waals surface area contributed by atoms with Crippen molar-refractivity contribution in [3.8, 4) is 28.7 Å². The second kappa shape index (κ2) is 9.25. The van der Waals surface area contributed by atoms with Crippen LogP contribution in [0.25, 0.3) is 11.5 Å². The molecule has 0 atom stereocenters. The minimum Gasteiger partial charge on any atom is -0.497 e. The number of fused-ring (bicyclic) bond motifs is 1. The van der Waals surface area contributed by atoms with Crippen LogP contribution >= 0.6 is 11.8 Å². The van der Waals surface area contributed by atoms with Crippen molar-refractivity contribution in [1.29, 1.82) is 0 Å². The predicted molar refractivity (Wildman–Crippen MR) is 123 cm³/mol. The maximum atomic E-state index is 12.4. The Bertz CT molecular complexity index is 1290. The van der Waals surface area contributed by atoms with Crippen molar-refractivity contribution in [1.82, 2.24) is 10.2 Å². The number of thioether (sulfide) groups is 1. The molecule has 1 N–H and O–H groups in total. The summed E-state index contributed by atoms with van der Waals surface area (Å²) in [7, 11) is 1.57. The van der Waals surface area contributed by atoms with Gasteiger partial charge in [0, 0.05) is 21.7 Å². The van der Waals surface area contributed by atoms with Gasteiger partial charge in [-0.1, -0.05) is 6.07 Å². The van der Waals surface area contributed by atoms with Gasteiger partial charge in [0.15, 0.2) is 11.5 Å². The lowest BCUT2D eigenvalue weighted by molar-refractivity contribution is 0.102. The van der Waals surface area contributed by atoms with Gasteiger partial charge in [-0.3, -0.25) is 4.79 Å². The Morgan fingerprint density at radius 2 is 1.88 bits per heavy atom. The standard InChI is InChI=1S/C24H19N3O5S/c1-29-18-4-2-3-15(11-18)23(28)25-17-6-8-19(9-7-17)33-13-22-26-27-24(32-22)16-5-10-20-21(12-16)31-14-30-20/h2-12H,13-14H2,1H3,(H,25,28). The molecule has 0 radical (unpaired) electrons. The molecule has 0 saturated carbocycles. The molecule has 166 valence electrons. The fourth-order valence-electron chi connectivity index (χ4n) is 3.21. The van der Waals surface area contributed by atoms with E-state index in [9.17, 15) is 4.79 Å². The molecule has 0 unspecified atom stereocenters. The summed E-state index contributed by atoms with van der Waals surface area (Å²) in [6, 6.07) is 20.1. The van der Waals surface area contributed by atoms with Crippen LogP contribution in [-0.4, -0.2) is 30.0 Å². The maximum Gasteiger partial charge on any atom is 0.255 e. The first kappa shape index (κ1) is 20.9. The molecule has 0 spiro atoms. The Labute approximate surface area is 193 Å². The average Bonchev–Trinajstić information content (AvgIpc) is 3.53. The van der Waals surface area contributed by atoms with Gasteiger partial charge in [0.25, 0.3) is 5.91 Å². The number of amides is 1. The average molecular weight is 461 g/mol. The van der Waals surface area contributed by atoms with E-state index in [2.05, 4.69) is 15.5 Å². The van der Waals surface area contributed by atoms with E-state index in [4.69, 9.17) is 18.6 Å². The molecular weight excluding hydrogens is 442 g/mol. The van der Waals surface area contributed by atoms with Crippen LogP contribution in [0.5, 0.6) is 17.2 Å². The molecule has 2 heterocycles. The highest BCUT2D eigenvalue weighted by Crippen LogP contribution is 2.35. The second-order valence-electron chi connectivity index (χ2n) is 7.07. The minimum atomic E-state index is -0.198. The maximum absolute atomic E-state index is 12.4. The number of anilines is 1. The van der Waals surface area contributed by atoms with E-state index >= 15 is 0 Å².